The SMILES string of the molecule is CC(C(=O)Nc1ccc(Cl)cc1C(=O)c1ccccc1)n1ccc(C(=O)O)n1. The molecule has 1 atom stereocenters. The van der Waals surface area contributed by atoms with Gasteiger partial charge in [-0.2, -0.15) is 5.10 Å². The van der Waals surface area contributed by atoms with Crippen molar-refractivity contribution in [1.29, 1.82) is 0 Å². The first-order valence-electron chi connectivity index (χ1n) is 8.35. The van der Waals surface area contributed by atoms with Crippen molar-refractivity contribution in [1.82, 2.24) is 9.78 Å². The first kappa shape index (κ1) is 19.3. The van der Waals surface area contributed by atoms with Gasteiger partial charge in [-0.3, -0.25) is 14.3 Å². The normalized spacial score (nSPS) is 11.6. The van der Waals surface area contributed by atoms with Crippen LogP contribution >= 0.6 is 11.6 Å². The molecule has 0 aliphatic rings. The summed E-state index contributed by atoms with van der Waals surface area (Å²) in [6, 6.07) is 13.8. The highest BCUT2D eigenvalue weighted by molar-refractivity contribution is 6.31. The molecule has 8 heteroatoms. The van der Waals surface area contributed by atoms with E-state index in [2.05, 4.69) is 10.4 Å². The third-order valence-corrected chi connectivity index (χ3v) is 4.36. The molecule has 0 fully saturated rings. The first-order valence-corrected chi connectivity index (χ1v) is 8.73. The number of carbonyl (C=O) groups excluding carboxylic acids is 2. The summed E-state index contributed by atoms with van der Waals surface area (Å²) in [6.07, 6.45) is 1.41. The number of ketones is 1. The lowest BCUT2D eigenvalue weighted by Gasteiger charge is -2.15. The molecule has 0 bridgehead atoms. The summed E-state index contributed by atoms with van der Waals surface area (Å²) in [5.74, 6) is -1.91. The van der Waals surface area contributed by atoms with Gasteiger partial charge in [-0.25, -0.2) is 4.79 Å². The maximum absolute atomic E-state index is 12.8. The summed E-state index contributed by atoms with van der Waals surface area (Å²) >= 11 is 6.04. The monoisotopic (exact) mass is 397 g/mol. The number of aromatic carboxylic acids is 1. The lowest BCUT2D eigenvalue weighted by Crippen LogP contribution is -2.25. The number of benzene rings is 2. The van der Waals surface area contributed by atoms with Crippen LogP contribution in [0.5, 0.6) is 0 Å². The van der Waals surface area contributed by atoms with Crippen molar-refractivity contribution >= 4 is 34.9 Å². The smallest absolute Gasteiger partial charge is 0.356 e. The number of carbonyl (C=O) groups is 3. The van der Waals surface area contributed by atoms with Crippen LogP contribution in [0.4, 0.5) is 5.69 Å². The third-order valence-electron chi connectivity index (χ3n) is 4.12. The lowest BCUT2D eigenvalue weighted by atomic mass is 10.0. The number of hydrogen-bond donors (Lipinski definition) is 2. The van der Waals surface area contributed by atoms with Gasteiger partial charge in [-0.05, 0) is 31.2 Å². The molecule has 0 aliphatic carbocycles. The van der Waals surface area contributed by atoms with Crippen molar-refractivity contribution in [2.45, 2.75) is 13.0 Å². The maximum Gasteiger partial charge on any atom is 0.356 e. The van der Waals surface area contributed by atoms with Crippen LogP contribution in [0.1, 0.15) is 39.4 Å². The number of aromatic nitrogens is 2. The van der Waals surface area contributed by atoms with Crippen LogP contribution in [0.15, 0.2) is 60.8 Å². The van der Waals surface area contributed by atoms with Crippen molar-refractivity contribution in [2.75, 3.05) is 5.32 Å². The lowest BCUT2D eigenvalue weighted by molar-refractivity contribution is -0.119. The molecule has 2 aromatic carbocycles. The zero-order valence-corrected chi connectivity index (χ0v) is 15.6. The van der Waals surface area contributed by atoms with Crippen molar-refractivity contribution in [3.63, 3.8) is 0 Å². The Labute approximate surface area is 165 Å². The molecule has 1 amide bonds. The number of nitrogens with zero attached hydrogens (tertiary/aromatic N) is 2. The van der Waals surface area contributed by atoms with Crippen LogP contribution in [0, 0.1) is 0 Å². The van der Waals surface area contributed by atoms with Crippen molar-refractivity contribution in [3.05, 3.63) is 82.6 Å². The second-order valence-corrected chi connectivity index (χ2v) is 6.47. The quantitative estimate of drug-likeness (QED) is 0.618. The topological polar surface area (TPSA) is 101 Å². The molecule has 1 heterocycles. The summed E-state index contributed by atoms with van der Waals surface area (Å²) in [7, 11) is 0. The fourth-order valence-electron chi connectivity index (χ4n) is 2.58. The van der Waals surface area contributed by atoms with E-state index in [-0.39, 0.29) is 17.0 Å². The average molecular weight is 398 g/mol. The molecule has 28 heavy (non-hydrogen) atoms. The Hall–Kier alpha value is -3.45. The Morgan fingerprint density at radius 2 is 1.82 bits per heavy atom. The van der Waals surface area contributed by atoms with Crippen molar-refractivity contribution < 1.29 is 19.5 Å². The number of amides is 1. The number of rotatable bonds is 6. The van der Waals surface area contributed by atoms with Crippen molar-refractivity contribution in [2.24, 2.45) is 0 Å². The van der Waals surface area contributed by atoms with E-state index < -0.39 is 17.9 Å². The van der Waals surface area contributed by atoms with Gasteiger partial charge in [0.15, 0.2) is 11.5 Å². The van der Waals surface area contributed by atoms with Gasteiger partial charge < -0.3 is 10.4 Å². The molecular formula is C20H16ClN3O4. The standard InChI is InChI=1S/C20H16ClN3O4/c1-12(24-10-9-17(23-24)20(27)28)19(26)22-16-8-7-14(21)11-15(16)18(25)13-5-3-2-4-6-13/h2-12H,1H3,(H,22,26)(H,27,28). The first-order chi connectivity index (χ1) is 13.4. The molecule has 1 aromatic heterocycles. The summed E-state index contributed by atoms with van der Waals surface area (Å²) in [5, 5.41) is 15.9. The van der Waals surface area contributed by atoms with Gasteiger partial charge in [-0.1, -0.05) is 41.9 Å². The minimum atomic E-state index is -1.18. The minimum absolute atomic E-state index is 0.161. The molecule has 0 aliphatic heterocycles. The number of carboxylic acid groups (broad SMARTS) is 1. The van der Waals surface area contributed by atoms with Crippen LogP contribution in [0.25, 0.3) is 0 Å². The molecule has 7 nitrogen and oxygen atoms in total. The van der Waals surface area contributed by atoms with Gasteiger partial charge in [0.1, 0.15) is 6.04 Å². The number of hydrogen-bond acceptors (Lipinski definition) is 4. The van der Waals surface area contributed by atoms with E-state index in [1.807, 2.05) is 0 Å². The fourth-order valence-corrected chi connectivity index (χ4v) is 2.76. The summed E-state index contributed by atoms with van der Waals surface area (Å²) in [6.45, 7) is 1.57. The molecule has 1 unspecified atom stereocenters. The number of nitrogens with one attached hydrogen (secondary N) is 1. The molecule has 0 radical (unpaired) electrons. The maximum atomic E-state index is 12.8. The van der Waals surface area contributed by atoms with Gasteiger partial charge >= 0.3 is 5.97 Å². The van der Waals surface area contributed by atoms with Crippen LogP contribution in [-0.4, -0.2) is 32.5 Å². The molecule has 0 saturated carbocycles. The Kier molecular flexibility index (Phi) is 5.56. The number of anilines is 1. The number of halogens is 1. The van der Waals surface area contributed by atoms with Gasteiger partial charge in [0, 0.05) is 22.3 Å². The van der Waals surface area contributed by atoms with Crippen LogP contribution in [0.2, 0.25) is 5.02 Å². The van der Waals surface area contributed by atoms with Crippen molar-refractivity contribution in [3.8, 4) is 0 Å². The molecule has 3 rings (SSSR count). The van der Waals surface area contributed by atoms with Crippen LogP contribution < -0.4 is 5.32 Å². The zero-order valence-electron chi connectivity index (χ0n) is 14.8. The third kappa shape index (κ3) is 4.10. The molecule has 0 saturated heterocycles. The Bertz CT molecular complexity index is 1050. The fraction of sp³-hybridized carbons (Fsp3) is 0.100. The Balaban J connectivity index is 1.86. The largest absolute Gasteiger partial charge is 0.476 e. The Morgan fingerprint density at radius 3 is 2.46 bits per heavy atom. The predicted octanol–water partition coefficient (Wildman–Crippen LogP) is 3.67. The minimum Gasteiger partial charge on any atom is -0.476 e. The summed E-state index contributed by atoms with van der Waals surface area (Å²) in [4.78, 5) is 36.4. The van der Waals surface area contributed by atoms with Gasteiger partial charge in [-0.15, -0.1) is 0 Å². The predicted molar refractivity (Wildman–Crippen MR) is 104 cm³/mol. The molecule has 2 N–H and O–H groups in total. The molecule has 3 aromatic rings. The van der Waals surface area contributed by atoms with Crippen LogP contribution in [0.3, 0.4) is 0 Å². The van der Waals surface area contributed by atoms with Crippen LogP contribution in [-0.2, 0) is 4.79 Å². The molecular weight excluding hydrogens is 382 g/mol. The van der Waals surface area contributed by atoms with Gasteiger partial charge in [0.2, 0.25) is 5.91 Å². The number of carboxylic acids is 1. The molecule has 0 spiro atoms. The van der Waals surface area contributed by atoms with E-state index in [1.54, 1.807) is 49.4 Å². The second-order valence-electron chi connectivity index (χ2n) is 6.04. The van der Waals surface area contributed by atoms with E-state index in [0.29, 0.717) is 16.3 Å². The van der Waals surface area contributed by atoms with E-state index in [1.165, 1.54) is 23.0 Å². The van der Waals surface area contributed by atoms with Gasteiger partial charge in [0.05, 0.1) is 5.69 Å². The van der Waals surface area contributed by atoms with Gasteiger partial charge in [0.25, 0.3) is 0 Å². The summed E-state index contributed by atoms with van der Waals surface area (Å²) < 4.78 is 1.24. The zero-order chi connectivity index (χ0) is 20.3. The van der Waals surface area contributed by atoms with E-state index in [4.69, 9.17) is 16.7 Å². The van der Waals surface area contributed by atoms with E-state index in [9.17, 15) is 14.4 Å². The second kappa shape index (κ2) is 8.06. The highest BCUT2D eigenvalue weighted by Crippen LogP contribution is 2.24. The highest BCUT2D eigenvalue weighted by Gasteiger charge is 2.21. The average Bonchev–Trinajstić information content (AvgIpc) is 3.19. The van der Waals surface area contributed by atoms with E-state index in [0.717, 1.165) is 0 Å². The Morgan fingerprint density at radius 1 is 1.11 bits per heavy atom. The van der Waals surface area contributed by atoms with E-state index >= 15 is 0 Å². The summed E-state index contributed by atoms with van der Waals surface area (Å²) in [5.41, 5.74) is 0.865. The molecule has 142 valence electrons. The highest BCUT2D eigenvalue weighted by atomic mass is 35.5.